The number of nitrogens with two attached hydrogens (primary N) is 1. The Morgan fingerprint density at radius 2 is 2.21 bits per heavy atom. The van der Waals surface area contributed by atoms with E-state index in [4.69, 9.17) is 5.73 Å². The van der Waals surface area contributed by atoms with Gasteiger partial charge in [-0.25, -0.2) is 4.98 Å². The lowest BCUT2D eigenvalue weighted by Gasteiger charge is -2.21. The molecule has 0 fully saturated rings. The molecule has 0 spiro atoms. The van der Waals surface area contributed by atoms with Crippen LogP contribution in [0, 0.1) is 5.92 Å². The third-order valence-corrected chi connectivity index (χ3v) is 3.80. The average molecular weight is 275 g/mol. The lowest BCUT2D eigenvalue weighted by molar-refractivity contribution is 0.0926. The molecular weight excluding hydrogens is 258 g/mol. The molecule has 0 aromatic carbocycles. The number of nitrogens with one attached hydrogen (secondary N) is 1. The number of hydrogen-bond acceptors (Lipinski definition) is 4. The molecule has 2 aromatic rings. The van der Waals surface area contributed by atoms with Gasteiger partial charge in [0, 0.05) is 16.6 Å². The number of nitrogen functional groups attached to an aromatic ring is 1. The summed E-state index contributed by atoms with van der Waals surface area (Å²) in [7, 11) is 0. The Morgan fingerprint density at radius 1 is 1.42 bits per heavy atom. The second-order valence-electron chi connectivity index (χ2n) is 4.68. The molecule has 19 heavy (non-hydrogen) atoms. The van der Waals surface area contributed by atoms with Crippen LogP contribution in [-0.2, 0) is 0 Å². The van der Waals surface area contributed by atoms with Crippen molar-refractivity contribution in [3.05, 3.63) is 46.3 Å². The van der Waals surface area contributed by atoms with Crippen molar-refractivity contribution in [1.29, 1.82) is 0 Å². The highest BCUT2D eigenvalue weighted by Crippen LogP contribution is 2.26. The van der Waals surface area contributed by atoms with E-state index < -0.39 is 0 Å². The van der Waals surface area contributed by atoms with Crippen molar-refractivity contribution < 1.29 is 4.79 Å². The molecule has 0 aliphatic rings. The van der Waals surface area contributed by atoms with Crippen LogP contribution < -0.4 is 11.1 Å². The fraction of sp³-hybridized carbons (Fsp3) is 0.286. The summed E-state index contributed by atoms with van der Waals surface area (Å²) in [6.45, 7) is 4.18. The van der Waals surface area contributed by atoms with Gasteiger partial charge in [0.15, 0.2) is 0 Å². The highest BCUT2D eigenvalue weighted by atomic mass is 32.1. The van der Waals surface area contributed by atoms with E-state index in [1.807, 2.05) is 17.5 Å². The van der Waals surface area contributed by atoms with Crippen molar-refractivity contribution in [3.63, 3.8) is 0 Å². The predicted molar refractivity (Wildman–Crippen MR) is 78.0 cm³/mol. The molecule has 0 bridgehead atoms. The van der Waals surface area contributed by atoms with Gasteiger partial charge in [-0.15, -0.1) is 11.3 Å². The van der Waals surface area contributed by atoms with Gasteiger partial charge in [0.05, 0.1) is 6.04 Å². The molecule has 5 heteroatoms. The van der Waals surface area contributed by atoms with Crippen LogP contribution in [0.5, 0.6) is 0 Å². The number of nitrogens with zero attached hydrogens (tertiary/aromatic N) is 1. The number of amides is 1. The zero-order chi connectivity index (χ0) is 13.8. The lowest BCUT2D eigenvalue weighted by atomic mass is 10.0. The first kappa shape index (κ1) is 13.5. The van der Waals surface area contributed by atoms with Crippen LogP contribution in [0.4, 0.5) is 5.82 Å². The van der Waals surface area contributed by atoms with Crippen molar-refractivity contribution in [1.82, 2.24) is 10.3 Å². The van der Waals surface area contributed by atoms with Gasteiger partial charge in [0.2, 0.25) is 0 Å². The maximum Gasteiger partial charge on any atom is 0.251 e. The molecule has 100 valence electrons. The van der Waals surface area contributed by atoms with Gasteiger partial charge in [0.25, 0.3) is 5.91 Å². The fourth-order valence-corrected chi connectivity index (χ4v) is 2.80. The highest BCUT2D eigenvalue weighted by molar-refractivity contribution is 7.10. The van der Waals surface area contributed by atoms with Crippen LogP contribution in [0.15, 0.2) is 35.8 Å². The molecule has 0 saturated carbocycles. The Morgan fingerprint density at radius 3 is 2.79 bits per heavy atom. The highest BCUT2D eigenvalue weighted by Gasteiger charge is 2.20. The van der Waals surface area contributed by atoms with Gasteiger partial charge in [0.1, 0.15) is 5.82 Å². The Labute approximate surface area is 116 Å². The second kappa shape index (κ2) is 5.84. The predicted octanol–water partition coefficient (Wildman–Crippen LogP) is 2.85. The number of anilines is 1. The van der Waals surface area contributed by atoms with Crippen LogP contribution in [0.2, 0.25) is 0 Å². The van der Waals surface area contributed by atoms with Crippen LogP contribution in [-0.4, -0.2) is 10.9 Å². The normalized spacial score (nSPS) is 12.4. The molecule has 2 aromatic heterocycles. The smallest absolute Gasteiger partial charge is 0.251 e. The minimum atomic E-state index is -0.124. The van der Waals surface area contributed by atoms with Crippen molar-refractivity contribution in [3.8, 4) is 0 Å². The van der Waals surface area contributed by atoms with Crippen LogP contribution in [0.1, 0.15) is 35.1 Å². The van der Waals surface area contributed by atoms with Gasteiger partial charge >= 0.3 is 0 Å². The topological polar surface area (TPSA) is 68.0 Å². The monoisotopic (exact) mass is 275 g/mol. The van der Waals surface area contributed by atoms with Crippen molar-refractivity contribution >= 4 is 23.1 Å². The SMILES string of the molecule is CC(C)C(NC(=O)c1ccnc(N)c1)c1cccs1. The van der Waals surface area contributed by atoms with E-state index in [9.17, 15) is 4.79 Å². The van der Waals surface area contributed by atoms with Crippen molar-refractivity contribution in [2.24, 2.45) is 5.92 Å². The van der Waals surface area contributed by atoms with E-state index in [0.29, 0.717) is 17.3 Å². The number of carbonyl (C=O) groups is 1. The average Bonchev–Trinajstić information content (AvgIpc) is 2.88. The summed E-state index contributed by atoms with van der Waals surface area (Å²) in [5.41, 5.74) is 6.13. The summed E-state index contributed by atoms with van der Waals surface area (Å²) in [6, 6.07) is 7.29. The number of rotatable bonds is 4. The third-order valence-electron chi connectivity index (χ3n) is 2.85. The Bertz CT molecular complexity index is 552. The molecule has 0 aliphatic carbocycles. The Kier molecular flexibility index (Phi) is 4.16. The fourth-order valence-electron chi connectivity index (χ4n) is 1.85. The lowest BCUT2D eigenvalue weighted by Crippen LogP contribution is -2.31. The first-order valence-corrected chi connectivity index (χ1v) is 7.01. The number of aromatic nitrogens is 1. The van der Waals surface area contributed by atoms with E-state index in [0.717, 1.165) is 4.88 Å². The largest absolute Gasteiger partial charge is 0.384 e. The molecule has 1 amide bonds. The summed E-state index contributed by atoms with van der Waals surface area (Å²) < 4.78 is 0. The van der Waals surface area contributed by atoms with Gasteiger partial charge in [-0.1, -0.05) is 19.9 Å². The maximum atomic E-state index is 12.2. The van der Waals surface area contributed by atoms with E-state index in [-0.39, 0.29) is 11.9 Å². The number of carbonyl (C=O) groups excluding carboxylic acids is 1. The summed E-state index contributed by atoms with van der Waals surface area (Å²) in [6.07, 6.45) is 1.54. The van der Waals surface area contributed by atoms with Crippen molar-refractivity contribution in [2.75, 3.05) is 5.73 Å². The molecule has 4 nitrogen and oxygen atoms in total. The van der Waals surface area contributed by atoms with E-state index in [1.165, 1.54) is 0 Å². The second-order valence-corrected chi connectivity index (χ2v) is 5.66. The first-order chi connectivity index (χ1) is 9.08. The molecular formula is C14H17N3OS. The number of hydrogen-bond donors (Lipinski definition) is 2. The standard InChI is InChI=1S/C14H17N3OS/c1-9(2)13(11-4-3-7-19-11)17-14(18)10-5-6-16-12(15)8-10/h3-9,13H,1-2H3,(H2,15,16)(H,17,18). The van der Waals surface area contributed by atoms with Gasteiger partial charge in [-0.2, -0.15) is 0 Å². The van der Waals surface area contributed by atoms with Crippen LogP contribution >= 0.6 is 11.3 Å². The number of thiophene rings is 1. The summed E-state index contributed by atoms with van der Waals surface area (Å²) >= 11 is 1.65. The zero-order valence-corrected chi connectivity index (χ0v) is 11.8. The summed E-state index contributed by atoms with van der Waals surface area (Å²) in [4.78, 5) is 17.3. The van der Waals surface area contributed by atoms with Crippen LogP contribution in [0.3, 0.4) is 0 Å². The quantitative estimate of drug-likeness (QED) is 0.901. The van der Waals surface area contributed by atoms with Gasteiger partial charge < -0.3 is 11.1 Å². The molecule has 1 atom stereocenters. The molecule has 2 heterocycles. The molecule has 0 saturated heterocycles. The third kappa shape index (κ3) is 3.32. The van der Waals surface area contributed by atoms with Crippen LogP contribution in [0.25, 0.3) is 0 Å². The van der Waals surface area contributed by atoms with Crippen molar-refractivity contribution in [2.45, 2.75) is 19.9 Å². The Hall–Kier alpha value is -1.88. The Balaban J connectivity index is 2.16. The summed E-state index contributed by atoms with van der Waals surface area (Å²) in [5, 5.41) is 5.07. The van der Waals surface area contributed by atoms with E-state index in [2.05, 4.69) is 24.1 Å². The zero-order valence-electron chi connectivity index (χ0n) is 11.0. The minimum Gasteiger partial charge on any atom is -0.384 e. The van der Waals surface area contributed by atoms with E-state index >= 15 is 0 Å². The minimum absolute atomic E-state index is 0.0156. The molecule has 1 unspecified atom stereocenters. The molecule has 3 N–H and O–H groups in total. The first-order valence-electron chi connectivity index (χ1n) is 6.13. The maximum absolute atomic E-state index is 12.2. The molecule has 0 aliphatic heterocycles. The van der Waals surface area contributed by atoms with Gasteiger partial charge in [-0.05, 0) is 29.5 Å². The molecule has 0 radical (unpaired) electrons. The molecule has 2 rings (SSSR count). The number of pyridine rings is 1. The van der Waals surface area contributed by atoms with Gasteiger partial charge in [-0.3, -0.25) is 4.79 Å². The van der Waals surface area contributed by atoms with E-state index in [1.54, 1.807) is 29.7 Å². The summed E-state index contributed by atoms with van der Waals surface area (Å²) in [5.74, 6) is 0.549.